The van der Waals surface area contributed by atoms with Crippen LogP contribution in [-0.2, 0) is 6.42 Å². The summed E-state index contributed by atoms with van der Waals surface area (Å²) in [7, 11) is 4.18. The molecule has 1 heterocycles. The van der Waals surface area contributed by atoms with E-state index >= 15 is 0 Å². The molecule has 18 heavy (non-hydrogen) atoms. The lowest BCUT2D eigenvalue weighted by Gasteiger charge is -2.07. The summed E-state index contributed by atoms with van der Waals surface area (Å²) in [6, 6.07) is 12.2. The molecule has 0 atom stereocenters. The topological polar surface area (TPSA) is 16.4 Å². The van der Waals surface area contributed by atoms with Crippen LogP contribution in [0.15, 0.2) is 45.3 Å². The van der Waals surface area contributed by atoms with Crippen LogP contribution in [0.25, 0.3) is 11.3 Å². The zero-order valence-electron chi connectivity index (χ0n) is 10.8. The van der Waals surface area contributed by atoms with Gasteiger partial charge in [0.2, 0.25) is 0 Å². The molecule has 2 nitrogen and oxygen atoms in total. The third-order valence-corrected chi connectivity index (χ3v) is 3.52. The highest BCUT2D eigenvalue weighted by Crippen LogP contribution is 2.29. The van der Waals surface area contributed by atoms with Crippen molar-refractivity contribution in [3.05, 3.63) is 46.6 Å². The van der Waals surface area contributed by atoms with Gasteiger partial charge in [0.25, 0.3) is 0 Å². The predicted molar refractivity (Wildman–Crippen MR) is 78.7 cm³/mol. The number of nitrogens with zero attached hydrogens (tertiary/aromatic N) is 1. The van der Waals surface area contributed by atoms with E-state index in [4.69, 9.17) is 4.42 Å². The first-order chi connectivity index (χ1) is 8.66. The summed E-state index contributed by atoms with van der Waals surface area (Å²) in [5.74, 6) is 1.99. The molecular weight excluding hydrogens is 290 g/mol. The van der Waals surface area contributed by atoms with E-state index in [0.717, 1.165) is 40.9 Å². The molecule has 0 N–H and O–H groups in total. The quantitative estimate of drug-likeness (QED) is 0.823. The maximum Gasteiger partial charge on any atom is 0.135 e. The molecule has 0 aliphatic heterocycles. The lowest BCUT2D eigenvalue weighted by Crippen LogP contribution is -2.13. The molecule has 2 aromatic rings. The zero-order valence-corrected chi connectivity index (χ0v) is 12.4. The second-order valence-corrected chi connectivity index (χ2v) is 5.51. The molecule has 0 radical (unpaired) electrons. The fourth-order valence-electron chi connectivity index (χ4n) is 1.89. The number of halogens is 1. The van der Waals surface area contributed by atoms with Gasteiger partial charge in [0.15, 0.2) is 0 Å². The van der Waals surface area contributed by atoms with Crippen LogP contribution in [-0.4, -0.2) is 25.5 Å². The summed E-state index contributed by atoms with van der Waals surface area (Å²) in [5.41, 5.74) is 1.11. The van der Waals surface area contributed by atoms with Crippen molar-refractivity contribution in [2.45, 2.75) is 12.8 Å². The fourth-order valence-corrected chi connectivity index (χ4v) is 2.37. The fraction of sp³-hybridized carbons (Fsp3) is 0.333. The lowest BCUT2D eigenvalue weighted by molar-refractivity contribution is 0.390. The molecule has 0 amide bonds. The van der Waals surface area contributed by atoms with E-state index in [-0.39, 0.29) is 0 Å². The highest BCUT2D eigenvalue weighted by Gasteiger charge is 2.07. The molecule has 1 aromatic heterocycles. The van der Waals surface area contributed by atoms with Crippen LogP contribution in [0.3, 0.4) is 0 Å². The SMILES string of the molecule is CN(C)CCCc1ccc(-c2ccccc2Br)o1. The average molecular weight is 308 g/mol. The molecular formula is C15H18BrNO. The Bertz CT molecular complexity index is 505. The number of aryl methyl sites for hydroxylation is 1. The third kappa shape index (κ3) is 3.47. The van der Waals surface area contributed by atoms with Gasteiger partial charge in [-0.3, -0.25) is 0 Å². The molecule has 0 aliphatic carbocycles. The molecule has 2 rings (SSSR count). The maximum absolute atomic E-state index is 5.88. The summed E-state index contributed by atoms with van der Waals surface area (Å²) in [6.45, 7) is 1.09. The first-order valence-electron chi connectivity index (χ1n) is 6.15. The number of hydrogen-bond donors (Lipinski definition) is 0. The van der Waals surface area contributed by atoms with Crippen molar-refractivity contribution in [1.82, 2.24) is 4.90 Å². The van der Waals surface area contributed by atoms with Crippen molar-refractivity contribution in [3.63, 3.8) is 0 Å². The molecule has 1 aromatic carbocycles. The maximum atomic E-state index is 5.88. The van der Waals surface area contributed by atoms with E-state index in [1.807, 2.05) is 24.3 Å². The molecule has 0 bridgehead atoms. The first-order valence-corrected chi connectivity index (χ1v) is 6.94. The first kappa shape index (κ1) is 13.4. The molecule has 0 unspecified atom stereocenters. The van der Waals surface area contributed by atoms with E-state index < -0.39 is 0 Å². The average Bonchev–Trinajstić information content (AvgIpc) is 2.78. The van der Waals surface area contributed by atoms with Gasteiger partial charge in [0, 0.05) is 16.5 Å². The van der Waals surface area contributed by atoms with E-state index in [1.54, 1.807) is 0 Å². The second-order valence-electron chi connectivity index (χ2n) is 4.65. The van der Waals surface area contributed by atoms with E-state index in [9.17, 15) is 0 Å². The van der Waals surface area contributed by atoms with Crippen LogP contribution in [0.1, 0.15) is 12.2 Å². The van der Waals surface area contributed by atoms with Gasteiger partial charge >= 0.3 is 0 Å². The number of rotatable bonds is 5. The molecule has 0 aliphatic rings. The molecule has 0 saturated heterocycles. The van der Waals surface area contributed by atoms with Gasteiger partial charge in [-0.1, -0.05) is 34.1 Å². The molecule has 0 saturated carbocycles. The van der Waals surface area contributed by atoms with E-state index in [1.165, 1.54) is 0 Å². The van der Waals surface area contributed by atoms with Crippen LogP contribution < -0.4 is 0 Å². The highest BCUT2D eigenvalue weighted by atomic mass is 79.9. The lowest BCUT2D eigenvalue weighted by atomic mass is 10.2. The number of hydrogen-bond acceptors (Lipinski definition) is 2. The van der Waals surface area contributed by atoms with Crippen LogP contribution in [0, 0.1) is 0 Å². The van der Waals surface area contributed by atoms with Crippen molar-refractivity contribution >= 4 is 15.9 Å². The molecule has 3 heteroatoms. The van der Waals surface area contributed by atoms with Gasteiger partial charge in [0.1, 0.15) is 11.5 Å². The summed E-state index contributed by atoms with van der Waals surface area (Å²) in [6.07, 6.45) is 2.11. The van der Waals surface area contributed by atoms with E-state index in [0.29, 0.717) is 0 Å². The van der Waals surface area contributed by atoms with Crippen LogP contribution in [0.2, 0.25) is 0 Å². The predicted octanol–water partition coefficient (Wildman–Crippen LogP) is 4.20. The Morgan fingerprint density at radius 1 is 1.11 bits per heavy atom. The van der Waals surface area contributed by atoms with Gasteiger partial charge in [-0.05, 0) is 45.3 Å². The summed E-state index contributed by atoms with van der Waals surface area (Å²) in [5, 5.41) is 0. The minimum Gasteiger partial charge on any atom is -0.461 e. The van der Waals surface area contributed by atoms with Crippen LogP contribution in [0.5, 0.6) is 0 Å². The highest BCUT2D eigenvalue weighted by molar-refractivity contribution is 9.10. The summed E-state index contributed by atoms with van der Waals surface area (Å²) >= 11 is 3.55. The third-order valence-electron chi connectivity index (χ3n) is 2.83. The van der Waals surface area contributed by atoms with Gasteiger partial charge in [-0.25, -0.2) is 0 Å². The van der Waals surface area contributed by atoms with Crippen LogP contribution >= 0.6 is 15.9 Å². The monoisotopic (exact) mass is 307 g/mol. The molecule has 0 spiro atoms. The van der Waals surface area contributed by atoms with Crippen molar-refractivity contribution < 1.29 is 4.42 Å². The van der Waals surface area contributed by atoms with Crippen molar-refractivity contribution in [2.24, 2.45) is 0 Å². The molecule has 0 fully saturated rings. The minimum atomic E-state index is 0.933. The minimum absolute atomic E-state index is 0.933. The number of furan rings is 1. The standard InChI is InChI=1S/C15H18BrNO/c1-17(2)11-5-6-12-9-10-15(18-12)13-7-3-4-8-14(13)16/h3-4,7-10H,5-6,11H2,1-2H3. The zero-order chi connectivity index (χ0) is 13.0. The van der Waals surface area contributed by atoms with Gasteiger partial charge in [-0.15, -0.1) is 0 Å². The Kier molecular flexibility index (Phi) is 4.61. The van der Waals surface area contributed by atoms with Gasteiger partial charge in [-0.2, -0.15) is 0 Å². The van der Waals surface area contributed by atoms with E-state index in [2.05, 4.69) is 47.1 Å². The Morgan fingerprint density at radius 2 is 1.89 bits per heavy atom. The second kappa shape index (κ2) is 6.21. The van der Waals surface area contributed by atoms with Crippen molar-refractivity contribution in [1.29, 1.82) is 0 Å². The van der Waals surface area contributed by atoms with Gasteiger partial charge < -0.3 is 9.32 Å². The normalized spacial score (nSPS) is 11.1. The van der Waals surface area contributed by atoms with Crippen molar-refractivity contribution in [3.8, 4) is 11.3 Å². The van der Waals surface area contributed by atoms with Crippen LogP contribution in [0.4, 0.5) is 0 Å². The van der Waals surface area contributed by atoms with Gasteiger partial charge in [0.05, 0.1) is 0 Å². The Morgan fingerprint density at radius 3 is 2.61 bits per heavy atom. The Balaban J connectivity index is 2.04. The van der Waals surface area contributed by atoms with Crippen molar-refractivity contribution in [2.75, 3.05) is 20.6 Å². The Hall–Kier alpha value is -1.06. The summed E-state index contributed by atoms with van der Waals surface area (Å²) < 4.78 is 6.95. The Labute approximate surface area is 117 Å². The smallest absolute Gasteiger partial charge is 0.135 e. The molecule has 96 valence electrons. The number of benzene rings is 1. The largest absolute Gasteiger partial charge is 0.461 e. The summed E-state index contributed by atoms with van der Waals surface area (Å²) in [4.78, 5) is 2.19.